The minimum atomic E-state index is -0.507. The van der Waals surface area contributed by atoms with Gasteiger partial charge in [0.15, 0.2) is 0 Å². The van der Waals surface area contributed by atoms with Crippen molar-refractivity contribution in [2.75, 3.05) is 10.2 Å². The van der Waals surface area contributed by atoms with Gasteiger partial charge in [-0.1, -0.05) is 30.3 Å². The molecule has 1 aliphatic carbocycles. The smallest absolute Gasteiger partial charge is 0.233 e. The molecule has 41 heavy (non-hydrogen) atoms. The van der Waals surface area contributed by atoms with Crippen molar-refractivity contribution in [3.8, 4) is 0 Å². The van der Waals surface area contributed by atoms with Crippen molar-refractivity contribution in [3.05, 3.63) is 108 Å². The number of carbonyl (C=O) groups excluding carboxylic acids is 2. The van der Waals surface area contributed by atoms with Gasteiger partial charge in [-0.05, 0) is 72.9 Å². The van der Waals surface area contributed by atoms with Crippen LogP contribution in [0.4, 0.5) is 21.5 Å². The number of benzene rings is 3. The zero-order chi connectivity index (χ0) is 28.5. The molecule has 0 bridgehead atoms. The number of nitrogens with one attached hydrogen (secondary N) is 3. The molecule has 2 amide bonds. The fraction of sp³-hybridized carbons (Fsp3) is 0.250. The average molecular weight is 551 g/mol. The molecule has 1 aliphatic heterocycles. The van der Waals surface area contributed by atoms with Gasteiger partial charge in [-0.3, -0.25) is 14.3 Å². The summed E-state index contributed by atoms with van der Waals surface area (Å²) in [5.41, 5.74) is 4.38. The van der Waals surface area contributed by atoms with Crippen LogP contribution in [0.15, 0.2) is 85.2 Å². The lowest BCUT2D eigenvalue weighted by Crippen LogP contribution is -2.43. The van der Waals surface area contributed by atoms with Gasteiger partial charge < -0.3 is 20.9 Å². The lowest BCUT2D eigenvalue weighted by molar-refractivity contribution is -0.124. The van der Waals surface area contributed by atoms with E-state index in [1.807, 2.05) is 55.7 Å². The first-order valence-corrected chi connectivity index (χ1v) is 13.7. The molecule has 3 atom stereocenters. The van der Waals surface area contributed by atoms with Crippen LogP contribution in [0.1, 0.15) is 35.6 Å². The molecule has 1 aromatic heterocycles. The molecule has 0 spiro atoms. The summed E-state index contributed by atoms with van der Waals surface area (Å²) in [6, 6.07) is 20.3. The molecule has 0 radical (unpaired) electrons. The van der Waals surface area contributed by atoms with E-state index in [2.05, 4.69) is 15.7 Å². The molecule has 1 saturated heterocycles. The Kier molecular flexibility index (Phi) is 7.09. The van der Waals surface area contributed by atoms with E-state index in [1.165, 1.54) is 18.3 Å². The third-order valence-electron chi connectivity index (χ3n) is 7.81. The Balaban J connectivity index is 1.40. The van der Waals surface area contributed by atoms with Gasteiger partial charge in [0.1, 0.15) is 5.82 Å². The molecule has 9 heteroatoms. The molecular formula is C32H31FN6O2. The maximum Gasteiger partial charge on any atom is 0.233 e. The van der Waals surface area contributed by atoms with E-state index in [-0.39, 0.29) is 23.5 Å². The van der Waals surface area contributed by atoms with Crippen molar-refractivity contribution in [2.45, 2.75) is 31.3 Å². The SMILES string of the molecule is Cn1cc(C[C@H]2C(=O)N(c3ccc(Nc4ccc(F)cc4)c(C=N)c3)[C@H](c3ccccc3)[C@H]2NC(=O)C2CC2)cn1. The summed E-state index contributed by atoms with van der Waals surface area (Å²) >= 11 is 0. The third kappa shape index (κ3) is 5.48. The van der Waals surface area contributed by atoms with Crippen LogP contribution in [0.25, 0.3) is 0 Å². The Bertz CT molecular complexity index is 1580. The van der Waals surface area contributed by atoms with Gasteiger partial charge in [0.25, 0.3) is 0 Å². The molecule has 1 saturated carbocycles. The standard InChI is InChI=1S/C32H31FN6O2/c1-38-19-20(18-35-38)15-27-29(37-31(40)22-7-8-22)30(21-5-3-2-4-6-21)39(32(27)41)26-13-14-28(23(16-26)17-34)36-25-11-9-24(33)10-12-25/h2-6,9-14,16-19,22,27,29-30,34,36H,7-8,15H2,1H3,(H,37,40)/t27-,29+,30-/m1/s1. The van der Waals surface area contributed by atoms with Crippen LogP contribution in [-0.4, -0.2) is 33.9 Å². The molecule has 8 nitrogen and oxygen atoms in total. The van der Waals surface area contributed by atoms with Crippen molar-refractivity contribution in [1.29, 1.82) is 5.41 Å². The van der Waals surface area contributed by atoms with Crippen molar-refractivity contribution in [1.82, 2.24) is 15.1 Å². The number of hydrogen-bond donors (Lipinski definition) is 3. The second-order valence-electron chi connectivity index (χ2n) is 10.8. The molecule has 3 N–H and O–H groups in total. The van der Waals surface area contributed by atoms with E-state index in [9.17, 15) is 14.0 Å². The summed E-state index contributed by atoms with van der Waals surface area (Å²) in [4.78, 5) is 29.2. The molecule has 208 valence electrons. The topological polar surface area (TPSA) is 103 Å². The number of nitrogens with zero attached hydrogens (tertiary/aromatic N) is 3. The van der Waals surface area contributed by atoms with Crippen LogP contribution in [-0.2, 0) is 23.1 Å². The quantitative estimate of drug-likeness (QED) is 0.251. The van der Waals surface area contributed by atoms with E-state index in [1.54, 1.807) is 34.0 Å². The number of amides is 2. The first kappa shape index (κ1) is 26.4. The fourth-order valence-corrected chi connectivity index (χ4v) is 5.62. The Morgan fingerprint density at radius 2 is 1.85 bits per heavy atom. The first-order chi connectivity index (χ1) is 19.9. The minimum absolute atomic E-state index is 0.00375. The summed E-state index contributed by atoms with van der Waals surface area (Å²) in [5, 5.41) is 18.9. The van der Waals surface area contributed by atoms with Crippen LogP contribution in [0.3, 0.4) is 0 Å². The number of aromatic nitrogens is 2. The number of carbonyl (C=O) groups is 2. The largest absolute Gasteiger partial charge is 0.355 e. The van der Waals surface area contributed by atoms with Crippen molar-refractivity contribution < 1.29 is 14.0 Å². The number of aryl methyl sites for hydroxylation is 1. The fourth-order valence-electron chi connectivity index (χ4n) is 5.62. The van der Waals surface area contributed by atoms with E-state index in [4.69, 9.17) is 5.41 Å². The van der Waals surface area contributed by atoms with Gasteiger partial charge in [0.2, 0.25) is 11.8 Å². The van der Waals surface area contributed by atoms with Gasteiger partial charge in [0, 0.05) is 48.0 Å². The van der Waals surface area contributed by atoms with Gasteiger partial charge in [-0.15, -0.1) is 0 Å². The number of rotatable bonds is 9. The Hall–Kier alpha value is -4.79. The van der Waals surface area contributed by atoms with Crippen LogP contribution in [0.5, 0.6) is 0 Å². The van der Waals surface area contributed by atoms with Gasteiger partial charge in [-0.2, -0.15) is 5.10 Å². The van der Waals surface area contributed by atoms with Gasteiger partial charge in [0.05, 0.1) is 24.2 Å². The maximum absolute atomic E-state index is 14.3. The molecule has 3 aromatic carbocycles. The second kappa shape index (κ2) is 11.0. The molecular weight excluding hydrogens is 519 g/mol. The highest BCUT2D eigenvalue weighted by atomic mass is 19.1. The molecule has 2 fully saturated rings. The molecule has 0 unspecified atom stereocenters. The Morgan fingerprint density at radius 3 is 2.51 bits per heavy atom. The lowest BCUT2D eigenvalue weighted by Gasteiger charge is -2.30. The highest BCUT2D eigenvalue weighted by Crippen LogP contribution is 2.43. The van der Waals surface area contributed by atoms with E-state index in [0.717, 1.165) is 24.0 Å². The van der Waals surface area contributed by atoms with Crippen molar-refractivity contribution >= 4 is 35.1 Å². The van der Waals surface area contributed by atoms with Crippen molar-refractivity contribution in [2.24, 2.45) is 18.9 Å². The third-order valence-corrected chi connectivity index (χ3v) is 7.81. The molecule has 4 aromatic rings. The Morgan fingerprint density at radius 1 is 1.10 bits per heavy atom. The minimum Gasteiger partial charge on any atom is -0.355 e. The highest BCUT2D eigenvalue weighted by molar-refractivity contribution is 6.01. The monoisotopic (exact) mass is 550 g/mol. The van der Waals surface area contributed by atoms with Gasteiger partial charge in [-0.25, -0.2) is 4.39 Å². The summed E-state index contributed by atoms with van der Waals surface area (Å²) < 4.78 is 15.1. The lowest BCUT2D eigenvalue weighted by atomic mass is 9.89. The number of hydrogen-bond acceptors (Lipinski definition) is 5. The zero-order valence-electron chi connectivity index (χ0n) is 22.6. The molecule has 6 rings (SSSR count). The maximum atomic E-state index is 14.3. The van der Waals surface area contributed by atoms with Crippen LogP contribution in [0.2, 0.25) is 0 Å². The zero-order valence-corrected chi connectivity index (χ0v) is 22.6. The molecule has 2 heterocycles. The highest BCUT2D eigenvalue weighted by Gasteiger charge is 2.50. The normalized spacial score (nSPS) is 20.2. The average Bonchev–Trinajstić information content (AvgIpc) is 3.71. The van der Waals surface area contributed by atoms with E-state index < -0.39 is 18.0 Å². The summed E-state index contributed by atoms with van der Waals surface area (Å²) in [5.74, 6) is -0.954. The predicted molar refractivity (Wildman–Crippen MR) is 156 cm³/mol. The van der Waals surface area contributed by atoms with E-state index in [0.29, 0.717) is 29.0 Å². The molecule has 2 aliphatic rings. The van der Waals surface area contributed by atoms with Crippen molar-refractivity contribution in [3.63, 3.8) is 0 Å². The predicted octanol–water partition coefficient (Wildman–Crippen LogP) is 5.14. The summed E-state index contributed by atoms with van der Waals surface area (Å²) in [6.07, 6.45) is 7.05. The summed E-state index contributed by atoms with van der Waals surface area (Å²) in [6.45, 7) is 0. The Labute approximate surface area is 237 Å². The van der Waals surface area contributed by atoms with Crippen LogP contribution >= 0.6 is 0 Å². The number of anilines is 3. The first-order valence-electron chi connectivity index (χ1n) is 13.7. The van der Waals surface area contributed by atoms with Crippen LogP contribution in [0, 0.1) is 23.1 Å². The van der Waals surface area contributed by atoms with Crippen LogP contribution < -0.4 is 15.5 Å². The van der Waals surface area contributed by atoms with Gasteiger partial charge >= 0.3 is 0 Å². The number of halogens is 1. The van der Waals surface area contributed by atoms with E-state index >= 15 is 0 Å². The second-order valence-corrected chi connectivity index (χ2v) is 10.8. The summed E-state index contributed by atoms with van der Waals surface area (Å²) in [7, 11) is 1.84.